The average molecular weight is 236 g/mol. The van der Waals surface area contributed by atoms with Crippen LogP contribution in [0.3, 0.4) is 0 Å². The Bertz CT molecular complexity index is 427. The van der Waals surface area contributed by atoms with Crippen molar-refractivity contribution < 1.29 is 0 Å². The van der Waals surface area contributed by atoms with Gasteiger partial charge >= 0.3 is 0 Å². The molecular formula is C11H12N2S2. The maximum absolute atomic E-state index is 4.70. The van der Waals surface area contributed by atoms with Gasteiger partial charge in [-0.1, -0.05) is 0 Å². The quantitative estimate of drug-likeness (QED) is 0.865. The Hall–Kier alpha value is -0.710. The summed E-state index contributed by atoms with van der Waals surface area (Å²) in [7, 11) is 0. The van der Waals surface area contributed by atoms with Crippen LogP contribution >= 0.6 is 22.7 Å². The van der Waals surface area contributed by atoms with E-state index < -0.39 is 0 Å². The van der Waals surface area contributed by atoms with Gasteiger partial charge in [-0.25, -0.2) is 4.98 Å². The molecule has 1 unspecified atom stereocenters. The minimum Gasteiger partial charge on any atom is -0.309 e. The zero-order valence-corrected chi connectivity index (χ0v) is 9.90. The molecule has 0 aromatic carbocycles. The smallest absolute Gasteiger partial charge is 0.124 e. The molecule has 0 amide bonds. The predicted octanol–water partition coefficient (Wildman–Crippen LogP) is 3.30. The number of hydrogen-bond donors (Lipinski definition) is 1. The van der Waals surface area contributed by atoms with E-state index in [1.54, 1.807) is 22.7 Å². The summed E-state index contributed by atoms with van der Waals surface area (Å²) < 4.78 is 0. The van der Waals surface area contributed by atoms with Gasteiger partial charge in [0.1, 0.15) is 5.01 Å². The van der Waals surface area contributed by atoms with Crippen LogP contribution in [-0.4, -0.2) is 11.5 Å². The van der Waals surface area contributed by atoms with E-state index in [0.717, 1.165) is 11.6 Å². The Labute approximate surface area is 97.0 Å². The van der Waals surface area contributed by atoms with E-state index in [4.69, 9.17) is 4.98 Å². The highest BCUT2D eigenvalue weighted by atomic mass is 32.1. The van der Waals surface area contributed by atoms with Crippen LogP contribution in [0.1, 0.15) is 24.6 Å². The summed E-state index contributed by atoms with van der Waals surface area (Å²) in [5.74, 6) is 0. The normalized spacial score (nSPS) is 20.9. The first-order valence-corrected chi connectivity index (χ1v) is 6.97. The predicted molar refractivity (Wildman–Crippen MR) is 65.4 cm³/mol. The Morgan fingerprint density at radius 2 is 2.40 bits per heavy atom. The van der Waals surface area contributed by atoms with Gasteiger partial charge in [0.05, 0.1) is 11.7 Å². The van der Waals surface area contributed by atoms with Gasteiger partial charge in [0.25, 0.3) is 0 Å². The summed E-state index contributed by atoms with van der Waals surface area (Å²) in [5, 5.41) is 11.1. The zero-order valence-electron chi connectivity index (χ0n) is 8.27. The van der Waals surface area contributed by atoms with Crippen molar-refractivity contribution in [2.75, 3.05) is 6.54 Å². The highest BCUT2D eigenvalue weighted by Gasteiger charge is 2.19. The lowest BCUT2D eigenvalue weighted by Gasteiger charge is -2.04. The fraction of sp³-hybridized carbons (Fsp3) is 0.364. The van der Waals surface area contributed by atoms with Gasteiger partial charge in [0.2, 0.25) is 0 Å². The lowest BCUT2D eigenvalue weighted by molar-refractivity contribution is 0.632. The molecule has 0 spiro atoms. The Kier molecular flexibility index (Phi) is 2.56. The summed E-state index contributed by atoms with van der Waals surface area (Å²) in [4.78, 5) is 4.70. The van der Waals surface area contributed by atoms with Crippen LogP contribution in [0.5, 0.6) is 0 Å². The molecule has 1 N–H and O–H groups in total. The lowest BCUT2D eigenvalue weighted by atomic mass is 10.2. The van der Waals surface area contributed by atoms with Crippen molar-refractivity contribution >= 4 is 22.7 Å². The monoisotopic (exact) mass is 236 g/mol. The van der Waals surface area contributed by atoms with Gasteiger partial charge in [-0.3, -0.25) is 0 Å². The van der Waals surface area contributed by atoms with E-state index in [1.807, 2.05) is 0 Å². The third kappa shape index (κ3) is 1.85. The molecule has 78 valence electrons. The maximum Gasteiger partial charge on any atom is 0.124 e. The van der Waals surface area contributed by atoms with Crippen LogP contribution in [-0.2, 0) is 0 Å². The van der Waals surface area contributed by atoms with Gasteiger partial charge in [0.15, 0.2) is 0 Å². The minimum absolute atomic E-state index is 0.494. The van der Waals surface area contributed by atoms with Crippen LogP contribution in [0, 0.1) is 0 Å². The first kappa shape index (κ1) is 9.51. The third-order valence-electron chi connectivity index (χ3n) is 2.71. The SMILES string of the molecule is c1cc(-c2nc(C3CCCN3)cs2)cs1. The van der Waals surface area contributed by atoms with Crippen molar-refractivity contribution in [2.24, 2.45) is 0 Å². The molecule has 1 aliphatic rings. The van der Waals surface area contributed by atoms with E-state index in [0.29, 0.717) is 6.04 Å². The fourth-order valence-corrected chi connectivity index (χ4v) is 3.49. The van der Waals surface area contributed by atoms with E-state index in [9.17, 15) is 0 Å². The second-order valence-corrected chi connectivity index (χ2v) is 5.38. The van der Waals surface area contributed by atoms with E-state index in [-0.39, 0.29) is 0 Å². The van der Waals surface area contributed by atoms with Crippen molar-refractivity contribution in [2.45, 2.75) is 18.9 Å². The van der Waals surface area contributed by atoms with E-state index in [2.05, 4.69) is 27.5 Å². The van der Waals surface area contributed by atoms with E-state index in [1.165, 1.54) is 24.1 Å². The number of nitrogens with one attached hydrogen (secondary N) is 1. The van der Waals surface area contributed by atoms with Gasteiger partial charge in [-0.2, -0.15) is 11.3 Å². The highest BCUT2D eigenvalue weighted by Crippen LogP contribution is 2.30. The molecule has 0 aliphatic carbocycles. The summed E-state index contributed by atoms with van der Waals surface area (Å²) in [6, 6.07) is 2.63. The second kappa shape index (κ2) is 4.04. The summed E-state index contributed by atoms with van der Waals surface area (Å²) >= 11 is 3.48. The first-order chi connectivity index (χ1) is 7.43. The first-order valence-electron chi connectivity index (χ1n) is 5.15. The number of hydrogen-bond acceptors (Lipinski definition) is 4. The zero-order chi connectivity index (χ0) is 10.1. The summed E-state index contributed by atoms with van der Waals surface area (Å²) in [6.07, 6.45) is 2.50. The molecular weight excluding hydrogens is 224 g/mol. The van der Waals surface area contributed by atoms with Crippen LogP contribution in [0.4, 0.5) is 0 Å². The standard InChI is InChI=1S/C11H12N2S2/c1-2-9(12-4-1)10-7-15-11(13-10)8-3-5-14-6-8/h3,5-7,9,12H,1-2,4H2. The Balaban J connectivity index is 1.87. The molecule has 1 aliphatic heterocycles. The molecule has 3 rings (SSSR count). The van der Waals surface area contributed by atoms with Crippen molar-refractivity contribution in [1.82, 2.24) is 10.3 Å². The van der Waals surface area contributed by atoms with Crippen LogP contribution in [0.15, 0.2) is 22.2 Å². The van der Waals surface area contributed by atoms with Crippen LogP contribution < -0.4 is 5.32 Å². The topological polar surface area (TPSA) is 24.9 Å². The molecule has 2 aromatic heterocycles. The molecule has 1 fully saturated rings. The van der Waals surface area contributed by atoms with Crippen molar-refractivity contribution in [3.63, 3.8) is 0 Å². The van der Waals surface area contributed by atoms with Crippen molar-refractivity contribution in [3.8, 4) is 10.6 Å². The number of nitrogens with zero attached hydrogens (tertiary/aromatic N) is 1. The van der Waals surface area contributed by atoms with Gasteiger partial charge in [-0.05, 0) is 30.8 Å². The van der Waals surface area contributed by atoms with Crippen LogP contribution in [0.2, 0.25) is 0 Å². The van der Waals surface area contributed by atoms with E-state index >= 15 is 0 Å². The second-order valence-electron chi connectivity index (χ2n) is 3.74. The molecule has 2 aromatic rings. The summed E-state index contributed by atoms with van der Waals surface area (Å²) in [5.41, 5.74) is 2.48. The van der Waals surface area contributed by atoms with Crippen LogP contribution in [0.25, 0.3) is 10.6 Å². The molecule has 3 heterocycles. The largest absolute Gasteiger partial charge is 0.309 e. The summed E-state index contributed by atoms with van der Waals surface area (Å²) in [6.45, 7) is 1.13. The third-order valence-corrected chi connectivity index (χ3v) is 4.30. The van der Waals surface area contributed by atoms with Crippen molar-refractivity contribution in [3.05, 3.63) is 27.9 Å². The molecule has 1 saturated heterocycles. The maximum atomic E-state index is 4.70. The molecule has 0 radical (unpaired) electrons. The minimum atomic E-state index is 0.494. The Morgan fingerprint density at radius 3 is 3.13 bits per heavy atom. The molecule has 1 atom stereocenters. The molecule has 0 saturated carbocycles. The highest BCUT2D eigenvalue weighted by molar-refractivity contribution is 7.14. The fourth-order valence-electron chi connectivity index (χ4n) is 1.90. The molecule has 2 nitrogen and oxygen atoms in total. The molecule has 0 bridgehead atoms. The van der Waals surface area contributed by atoms with Crippen molar-refractivity contribution in [1.29, 1.82) is 0 Å². The number of thiazole rings is 1. The van der Waals surface area contributed by atoms with Gasteiger partial charge in [-0.15, -0.1) is 11.3 Å². The molecule has 15 heavy (non-hydrogen) atoms. The van der Waals surface area contributed by atoms with Gasteiger partial charge in [0, 0.05) is 16.3 Å². The Morgan fingerprint density at radius 1 is 1.40 bits per heavy atom. The number of rotatable bonds is 2. The molecule has 4 heteroatoms. The number of thiophene rings is 1. The average Bonchev–Trinajstić information content (AvgIpc) is 3.02. The lowest BCUT2D eigenvalue weighted by Crippen LogP contribution is -2.12. The number of aromatic nitrogens is 1. The van der Waals surface area contributed by atoms with Gasteiger partial charge < -0.3 is 5.32 Å².